The molecule has 26 heavy (non-hydrogen) atoms. The molecule has 1 fully saturated rings. The van der Waals surface area contributed by atoms with E-state index in [2.05, 4.69) is 124 Å². The van der Waals surface area contributed by atoms with Crippen LogP contribution < -0.4 is 0 Å². The van der Waals surface area contributed by atoms with Crippen LogP contribution in [-0.2, 0) is 0 Å². The minimum Gasteiger partial charge on any atom is -0.126 e. The maximum atomic E-state index is 4.86. The number of halogens is 4. The van der Waals surface area contributed by atoms with E-state index in [1.807, 2.05) is 0 Å². The molecule has 0 N–H and O–H groups in total. The second-order valence-electron chi connectivity index (χ2n) is 12.5. The lowest BCUT2D eigenvalue weighted by Crippen LogP contribution is -2.79. The molecule has 0 atom stereocenters. The maximum Gasteiger partial charge on any atom is 0.266 e. The van der Waals surface area contributed by atoms with Crippen LogP contribution >= 0.6 is 61.2 Å². The quantitative estimate of drug-likeness (QED) is 0.196. The fraction of sp³-hybridized carbons (Fsp3) is 1.00. The average molecular weight is 721 g/mol. The molecule has 10 heteroatoms. The van der Waals surface area contributed by atoms with Gasteiger partial charge in [0, 0.05) is 32.3 Å². The van der Waals surface area contributed by atoms with E-state index in [1.165, 1.54) is 12.8 Å². The highest BCUT2D eigenvalue weighted by molar-refractivity contribution is 9.76. The first-order valence-electron chi connectivity index (χ1n) is 9.71. The predicted octanol–water partition coefficient (Wildman–Crippen LogP) is 9.31. The molecule has 0 aromatic heterocycles. The van der Waals surface area contributed by atoms with Crippen LogP contribution in [0.1, 0.15) is 12.8 Å². The average Bonchev–Trinajstić information content (AvgIpc) is 2.57. The van der Waals surface area contributed by atoms with Gasteiger partial charge in [-0.25, -0.2) is 0 Å². The molecular formula is C16H40Br4Si6. The van der Waals surface area contributed by atoms with Crippen LogP contribution in [-0.4, -0.2) is 42.0 Å². The van der Waals surface area contributed by atoms with Gasteiger partial charge in [0.1, 0.15) is 0 Å². The van der Waals surface area contributed by atoms with Crippen molar-refractivity contribution in [3.05, 3.63) is 0 Å². The summed E-state index contributed by atoms with van der Waals surface area (Å²) in [5.74, 6) is 0. The van der Waals surface area contributed by atoms with Gasteiger partial charge < -0.3 is 0 Å². The smallest absolute Gasteiger partial charge is 0.126 e. The summed E-state index contributed by atoms with van der Waals surface area (Å²) in [4.78, 5) is 0. The van der Waals surface area contributed by atoms with Crippen LogP contribution in [0.25, 0.3) is 0 Å². The van der Waals surface area contributed by atoms with Crippen LogP contribution in [0.2, 0.25) is 87.1 Å². The predicted molar refractivity (Wildman–Crippen MR) is 155 cm³/mol. The van der Waals surface area contributed by atoms with Crippen molar-refractivity contribution in [2.24, 2.45) is 0 Å². The molecule has 0 amide bonds. The van der Waals surface area contributed by atoms with Crippen molar-refractivity contribution in [1.82, 2.24) is 0 Å². The standard InChI is InChI=1S/C16H40Br4Si6/c1-21(2,3)15(22(4,5)6)13-14-16(23(7,8)9,24(10,11)12)25(15,17)26(18,19)20/h13-14H2,1-12H3. The molecule has 1 saturated heterocycles. The Bertz CT molecular complexity index is 478. The van der Waals surface area contributed by atoms with Crippen LogP contribution in [0.3, 0.4) is 0 Å². The van der Waals surface area contributed by atoms with Crippen molar-refractivity contribution >= 4 is 103 Å². The summed E-state index contributed by atoms with van der Waals surface area (Å²) in [6.45, 7) is 32.2. The Balaban J connectivity index is 4.23. The van der Waals surface area contributed by atoms with E-state index in [4.69, 9.17) is 15.3 Å². The van der Waals surface area contributed by atoms with Crippen LogP contribution in [0.4, 0.5) is 0 Å². The molecule has 0 nitrogen and oxygen atoms in total. The van der Waals surface area contributed by atoms with Crippen LogP contribution in [0.5, 0.6) is 0 Å². The third-order valence-corrected chi connectivity index (χ3v) is 97.1. The fourth-order valence-electron chi connectivity index (χ4n) is 7.38. The maximum absolute atomic E-state index is 4.86. The summed E-state index contributed by atoms with van der Waals surface area (Å²) in [6.07, 6.45) is 1.01. The van der Waals surface area contributed by atoms with E-state index < -0.39 is 42.0 Å². The van der Waals surface area contributed by atoms with Crippen molar-refractivity contribution in [2.45, 2.75) is 100.0 Å². The highest BCUT2D eigenvalue weighted by atomic mass is 80.0. The Morgan fingerprint density at radius 1 is 0.538 bits per heavy atom. The van der Waals surface area contributed by atoms with Gasteiger partial charge in [0.25, 0.3) is 3.45 Å². The van der Waals surface area contributed by atoms with Gasteiger partial charge in [0.05, 0.1) is 0 Å². The van der Waals surface area contributed by atoms with Gasteiger partial charge >= 0.3 is 0 Å². The minimum atomic E-state index is -1.94. The first-order chi connectivity index (χ1) is 11.0. The van der Waals surface area contributed by atoms with Gasteiger partial charge in [-0.05, 0) is 8.57 Å². The third kappa shape index (κ3) is 3.49. The topological polar surface area (TPSA) is 0 Å². The van der Waals surface area contributed by atoms with E-state index in [-0.39, 0.29) is 0 Å². The lowest BCUT2D eigenvalue weighted by atomic mass is 10.4. The number of hydrogen-bond donors (Lipinski definition) is 0. The highest BCUT2D eigenvalue weighted by Gasteiger charge is 2.84. The Labute approximate surface area is 201 Å². The summed E-state index contributed by atoms with van der Waals surface area (Å²) >= 11 is 17.9. The van der Waals surface area contributed by atoms with E-state index in [0.29, 0.717) is 8.57 Å². The summed E-state index contributed by atoms with van der Waals surface area (Å²) in [6, 6.07) is 0. The molecule has 0 bridgehead atoms. The molecule has 0 aromatic rings. The second kappa shape index (κ2) is 7.38. The third-order valence-electron chi connectivity index (χ3n) is 7.56. The van der Waals surface area contributed by atoms with Crippen molar-refractivity contribution in [1.29, 1.82) is 0 Å². The minimum absolute atomic E-state index is 0.580. The van der Waals surface area contributed by atoms with Crippen molar-refractivity contribution in [3.8, 4) is 0 Å². The molecule has 1 rings (SSSR count). The molecule has 1 aliphatic heterocycles. The summed E-state index contributed by atoms with van der Waals surface area (Å²) in [5.41, 5.74) is 0. The number of rotatable bonds is 5. The van der Waals surface area contributed by atoms with Gasteiger partial charge in [-0.15, -0.1) is 15.3 Å². The molecule has 0 aromatic carbocycles. The van der Waals surface area contributed by atoms with E-state index in [0.717, 1.165) is 0 Å². The van der Waals surface area contributed by atoms with E-state index in [1.54, 1.807) is 0 Å². The summed E-state index contributed by atoms with van der Waals surface area (Å²) < 4.78 is -0.767. The molecule has 0 aliphatic carbocycles. The lowest BCUT2D eigenvalue weighted by molar-refractivity contribution is 0.763. The van der Waals surface area contributed by atoms with Crippen LogP contribution in [0.15, 0.2) is 0 Å². The van der Waals surface area contributed by atoms with Gasteiger partial charge in [-0.1, -0.05) is 137 Å². The van der Waals surface area contributed by atoms with Crippen molar-refractivity contribution in [2.75, 3.05) is 0 Å². The monoisotopic (exact) mass is 716 g/mol. The lowest BCUT2D eigenvalue weighted by Gasteiger charge is -2.66. The molecule has 156 valence electrons. The Kier molecular flexibility index (Phi) is 7.74. The normalized spacial score (nSPS) is 24.0. The zero-order valence-electron chi connectivity index (χ0n) is 18.9. The Morgan fingerprint density at radius 2 is 0.731 bits per heavy atom. The van der Waals surface area contributed by atoms with Crippen molar-refractivity contribution < 1.29 is 0 Å². The molecule has 1 aliphatic rings. The first kappa shape index (κ1) is 27.3. The highest BCUT2D eigenvalue weighted by Crippen LogP contribution is 2.81. The molecule has 0 spiro atoms. The van der Waals surface area contributed by atoms with Crippen molar-refractivity contribution in [3.63, 3.8) is 0 Å². The molecule has 0 saturated carbocycles. The largest absolute Gasteiger partial charge is 0.266 e. The van der Waals surface area contributed by atoms with Gasteiger partial charge in [0.15, 0.2) is 6.21 Å². The zero-order valence-corrected chi connectivity index (χ0v) is 31.3. The molecular weight excluding hydrogens is 680 g/mol. The zero-order chi connectivity index (χ0) is 21.4. The summed E-state index contributed by atoms with van der Waals surface area (Å²) in [7, 11) is -5.74. The van der Waals surface area contributed by atoms with E-state index in [9.17, 15) is 0 Å². The van der Waals surface area contributed by atoms with Gasteiger partial charge in [-0.3, -0.25) is 0 Å². The second-order valence-corrected chi connectivity index (χ2v) is 78.0. The van der Waals surface area contributed by atoms with Crippen LogP contribution in [0, 0.1) is 0 Å². The Hall–Kier alpha value is 3.22. The molecule has 1 heterocycles. The first-order valence-corrected chi connectivity index (χ1v) is 37.7. The fourth-order valence-corrected chi connectivity index (χ4v) is 137. The molecule has 0 unspecified atom stereocenters. The van der Waals surface area contributed by atoms with E-state index >= 15 is 0 Å². The van der Waals surface area contributed by atoms with Gasteiger partial charge in [-0.2, -0.15) is 0 Å². The van der Waals surface area contributed by atoms with Gasteiger partial charge in [0.2, 0.25) is 0 Å². The molecule has 0 radical (unpaired) electrons. The SMILES string of the molecule is C[Si](C)(C)C1([Si](C)(C)C)CCC([Si](C)(C)C)([Si](C)(C)C)[Si]1(Br)[Si](Br)(Br)Br. The summed E-state index contributed by atoms with van der Waals surface area (Å²) in [5, 5.41) is 0. The number of hydrogen-bond acceptors (Lipinski definition) is 0. The Morgan fingerprint density at radius 3 is 0.846 bits per heavy atom.